The Morgan fingerprint density at radius 1 is 1.35 bits per heavy atom. The summed E-state index contributed by atoms with van der Waals surface area (Å²) in [4.78, 5) is 28.7. The van der Waals surface area contributed by atoms with Crippen LogP contribution in [0.25, 0.3) is 0 Å². The van der Waals surface area contributed by atoms with E-state index in [1.54, 1.807) is 0 Å². The first-order chi connectivity index (χ1) is 9.66. The molecule has 3 saturated heterocycles. The van der Waals surface area contributed by atoms with E-state index in [4.69, 9.17) is 0 Å². The number of hydrogen-bond acceptors (Lipinski definition) is 3. The largest absolute Gasteiger partial charge is 0.338 e. The molecular weight excluding hydrogens is 254 g/mol. The normalized spacial score (nSPS) is 29.4. The number of hydrogen-bond donors (Lipinski definition) is 1. The molecule has 0 bridgehead atoms. The Kier molecular flexibility index (Phi) is 3.71. The van der Waals surface area contributed by atoms with Crippen LogP contribution in [-0.2, 0) is 9.59 Å². The molecule has 2 amide bonds. The van der Waals surface area contributed by atoms with Crippen LogP contribution < -0.4 is 5.32 Å². The minimum absolute atomic E-state index is 0.157. The van der Waals surface area contributed by atoms with Crippen molar-refractivity contribution in [1.82, 2.24) is 15.1 Å². The Bertz CT molecular complexity index is 404. The first-order valence-electron chi connectivity index (χ1n) is 7.96. The summed E-state index contributed by atoms with van der Waals surface area (Å²) in [5, 5.41) is 3.35. The van der Waals surface area contributed by atoms with Crippen molar-refractivity contribution in [3.8, 4) is 0 Å². The van der Waals surface area contributed by atoms with Crippen molar-refractivity contribution in [2.24, 2.45) is 5.41 Å². The quantitative estimate of drug-likeness (QED) is 0.805. The maximum absolute atomic E-state index is 13.0. The Morgan fingerprint density at radius 2 is 2.10 bits per heavy atom. The van der Waals surface area contributed by atoms with Crippen LogP contribution in [0.3, 0.4) is 0 Å². The van der Waals surface area contributed by atoms with Crippen LogP contribution in [0.1, 0.15) is 39.0 Å². The van der Waals surface area contributed by atoms with E-state index in [9.17, 15) is 9.59 Å². The topological polar surface area (TPSA) is 52.7 Å². The van der Waals surface area contributed by atoms with E-state index in [2.05, 4.69) is 12.2 Å². The second-order valence-corrected chi connectivity index (χ2v) is 6.41. The van der Waals surface area contributed by atoms with Crippen molar-refractivity contribution in [3.05, 3.63) is 0 Å². The van der Waals surface area contributed by atoms with Crippen LogP contribution in [0.2, 0.25) is 0 Å². The summed E-state index contributed by atoms with van der Waals surface area (Å²) in [5.41, 5.74) is -0.157. The third kappa shape index (κ3) is 2.22. The highest BCUT2D eigenvalue weighted by molar-refractivity contribution is 5.84. The number of fused-ring (bicyclic) bond motifs is 1. The molecule has 3 aliphatic rings. The number of amides is 2. The molecule has 112 valence electrons. The van der Waals surface area contributed by atoms with Crippen LogP contribution in [0.15, 0.2) is 0 Å². The summed E-state index contributed by atoms with van der Waals surface area (Å²) in [6, 6.07) is 0.274. The third-order valence-corrected chi connectivity index (χ3v) is 5.47. The first kappa shape index (κ1) is 13.9. The molecule has 0 aromatic carbocycles. The van der Waals surface area contributed by atoms with E-state index in [0.29, 0.717) is 12.3 Å². The van der Waals surface area contributed by atoms with Crippen molar-refractivity contribution >= 4 is 11.8 Å². The summed E-state index contributed by atoms with van der Waals surface area (Å²) in [6.45, 7) is 6.23. The fraction of sp³-hybridized carbons (Fsp3) is 0.867. The molecule has 3 aliphatic heterocycles. The maximum atomic E-state index is 13.0. The SMILES string of the molecule is CCC1(C(=O)N2CCN3C(=O)CCC3C2)CCNCC1. The number of rotatable bonds is 2. The van der Waals surface area contributed by atoms with Crippen LogP contribution in [-0.4, -0.2) is 60.4 Å². The van der Waals surface area contributed by atoms with E-state index in [1.165, 1.54) is 0 Å². The molecule has 0 spiro atoms. The number of carbonyl (C=O) groups excluding carboxylic acids is 2. The van der Waals surface area contributed by atoms with Gasteiger partial charge in [0.2, 0.25) is 11.8 Å². The van der Waals surface area contributed by atoms with Gasteiger partial charge in [-0.25, -0.2) is 0 Å². The molecule has 1 atom stereocenters. The van der Waals surface area contributed by atoms with E-state index in [0.717, 1.165) is 58.4 Å². The molecule has 3 heterocycles. The van der Waals surface area contributed by atoms with Crippen LogP contribution in [0.4, 0.5) is 0 Å². The van der Waals surface area contributed by atoms with E-state index in [1.807, 2.05) is 9.80 Å². The average Bonchev–Trinajstić information content (AvgIpc) is 2.88. The van der Waals surface area contributed by atoms with Crippen molar-refractivity contribution < 1.29 is 9.59 Å². The van der Waals surface area contributed by atoms with Gasteiger partial charge in [0, 0.05) is 32.1 Å². The Hall–Kier alpha value is -1.10. The zero-order chi connectivity index (χ0) is 14.2. The molecule has 5 nitrogen and oxygen atoms in total. The lowest BCUT2D eigenvalue weighted by Crippen LogP contribution is -2.57. The molecule has 0 aromatic rings. The number of piperazine rings is 1. The van der Waals surface area contributed by atoms with Gasteiger partial charge < -0.3 is 15.1 Å². The van der Waals surface area contributed by atoms with E-state index in [-0.39, 0.29) is 17.4 Å². The second kappa shape index (κ2) is 5.35. The van der Waals surface area contributed by atoms with Gasteiger partial charge in [0.05, 0.1) is 5.41 Å². The molecule has 5 heteroatoms. The zero-order valence-electron chi connectivity index (χ0n) is 12.4. The lowest BCUT2D eigenvalue weighted by atomic mass is 9.75. The molecule has 1 N–H and O–H groups in total. The molecule has 0 aromatic heterocycles. The summed E-state index contributed by atoms with van der Waals surface area (Å²) in [5.74, 6) is 0.606. The number of piperidine rings is 1. The van der Waals surface area contributed by atoms with Crippen molar-refractivity contribution in [2.75, 3.05) is 32.7 Å². The van der Waals surface area contributed by atoms with Gasteiger partial charge in [-0.05, 0) is 38.8 Å². The molecule has 0 radical (unpaired) electrons. The maximum Gasteiger partial charge on any atom is 0.229 e. The Morgan fingerprint density at radius 3 is 2.80 bits per heavy atom. The standard InChI is InChI=1S/C15H25N3O2/c1-2-15(5-7-16-8-6-15)14(20)17-9-10-18-12(11-17)3-4-13(18)19/h12,16H,2-11H2,1H3. The minimum Gasteiger partial charge on any atom is -0.338 e. The van der Waals surface area contributed by atoms with E-state index < -0.39 is 0 Å². The van der Waals surface area contributed by atoms with Crippen LogP contribution >= 0.6 is 0 Å². The first-order valence-corrected chi connectivity index (χ1v) is 7.96. The van der Waals surface area contributed by atoms with Gasteiger partial charge in [0.25, 0.3) is 0 Å². The van der Waals surface area contributed by atoms with Gasteiger partial charge in [0.15, 0.2) is 0 Å². The highest BCUT2D eigenvalue weighted by Gasteiger charge is 2.44. The average molecular weight is 279 g/mol. The predicted molar refractivity (Wildman–Crippen MR) is 76.1 cm³/mol. The van der Waals surface area contributed by atoms with Gasteiger partial charge in [-0.3, -0.25) is 9.59 Å². The van der Waals surface area contributed by atoms with Gasteiger partial charge in [-0.1, -0.05) is 6.92 Å². The minimum atomic E-state index is -0.157. The molecule has 0 aliphatic carbocycles. The fourth-order valence-electron chi connectivity index (χ4n) is 4.01. The fourth-order valence-corrected chi connectivity index (χ4v) is 4.01. The molecular formula is C15H25N3O2. The smallest absolute Gasteiger partial charge is 0.229 e. The summed E-state index contributed by atoms with van der Waals surface area (Å²) >= 11 is 0. The van der Waals surface area contributed by atoms with Crippen molar-refractivity contribution in [2.45, 2.75) is 45.1 Å². The number of nitrogens with zero attached hydrogens (tertiary/aromatic N) is 2. The summed E-state index contributed by atoms with van der Waals surface area (Å²) < 4.78 is 0. The Labute approximate surface area is 120 Å². The van der Waals surface area contributed by atoms with Crippen molar-refractivity contribution in [3.63, 3.8) is 0 Å². The van der Waals surface area contributed by atoms with E-state index >= 15 is 0 Å². The second-order valence-electron chi connectivity index (χ2n) is 6.41. The number of carbonyl (C=O) groups is 2. The summed E-state index contributed by atoms with van der Waals surface area (Å²) in [6.07, 6.45) is 4.41. The molecule has 0 saturated carbocycles. The Balaban J connectivity index is 1.69. The van der Waals surface area contributed by atoms with Crippen LogP contribution in [0, 0.1) is 5.41 Å². The third-order valence-electron chi connectivity index (χ3n) is 5.47. The van der Waals surface area contributed by atoms with Gasteiger partial charge in [0.1, 0.15) is 0 Å². The van der Waals surface area contributed by atoms with Gasteiger partial charge in [-0.15, -0.1) is 0 Å². The molecule has 3 fully saturated rings. The monoisotopic (exact) mass is 279 g/mol. The van der Waals surface area contributed by atoms with Crippen molar-refractivity contribution in [1.29, 1.82) is 0 Å². The van der Waals surface area contributed by atoms with Gasteiger partial charge in [-0.2, -0.15) is 0 Å². The lowest BCUT2D eigenvalue weighted by molar-refractivity contribution is -0.149. The molecule has 20 heavy (non-hydrogen) atoms. The predicted octanol–water partition coefficient (Wildman–Crippen LogP) is 0.599. The highest BCUT2D eigenvalue weighted by atomic mass is 16.2. The zero-order valence-corrected chi connectivity index (χ0v) is 12.4. The summed E-state index contributed by atoms with van der Waals surface area (Å²) in [7, 11) is 0. The lowest BCUT2D eigenvalue weighted by Gasteiger charge is -2.44. The van der Waals surface area contributed by atoms with Crippen LogP contribution in [0.5, 0.6) is 0 Å². The number of nitrogens with one attached hydrogen (secondary N) is 1. The highest BCUT2D eigenvalue weighted by Crippen LogP contribution is 2.36. The van der Waals surface area contributed by atoms with Gasteiger partial charge >= 0.3 is 0 Å². The molecule has 3 rings (SSSR count). The molecule has 1 unspecified atom stereocenters.